The van der Waals surface area contributed by atoms with Crippen molar-refractivity contribution < 1.29 is 22.7 Å². The number of carbonyl (C=O) groups excluding carboxylic acids is 1. The molecule has 8 heteroatoms. The number of hydrogen-bond donors (Lipinski definition) is 1. The predicted octanol–water partition coefficient (Wildman–Crippen LogP) is 5.75. The lowest BCUT2D eigenvalue weighted by molar-refractivity contribution is -0.137. The number of rotatable bonds is 8. The second kappa shape index (κ2) is 11.9. The van der Waals surface area contributed by atoms with Crippen LogP contribution in [0.25, 0.3) is 0 Å². The van der Waals surface area contributed by atoms with Crippen LogP contribution in [0.5, 0.6) is 5.75 Å². The zero-order valence-electron chi connectivity index (χ0n) is 22.0. The topological polar surface area (TPSA) is 44.8 Å². The van der Waals surface area contributed by atoms with Crippen LogP contribution in [0.1, 0.15) is 70.8 Å². The molecule has 0 saturated carbocycles. The Labute approximate surface area is 218 Å². The van der Waals surface area contributed by atoms with Crippen LogP contribution in [0.2, 0.25) is 0 Å². The van der Waals surface area contributed by atoms with Crippen molar-refractivity contribution in [2.75, 3.05) is 39.8 Å². The van der Waals surface area contributed by atoms with E-state index in [1.54, 1.807) is 4.90 Å². The summed E-state index contributed by atoms with van der Waals surface area (Å²) < 4.78 is 44.8. The van der Waals surface area contributed by atoms with Crippen LogP contribution in [0.3, 0.4) is 0 Å². The van der Waals surface area contributed by atoms with Crippen molar-refractivity contribution >= 4 is 5.91 Å². The van der Waals surface area contributed by atoms with Gasteiger partial charge in [0, 0.05) is 37.3 Å². The molecule has 5 nitrogen and oxygen atoms in total. The molecule has 202 valence electrons. The maximum atomic E-state index is 13.1. The molecule has 0 bridgehead atoms. The third-order valence-electron chi connectivity index (χ3n) is 7.91. The SMILES string of the molecule is CNCCCCOc1ccc(C2CCC[C@H]3CN(C(=O)c4ccc(C(F)(F)F)cc4)CCN23)c(C)c1C. The quantitative estimate of drug-likeness (QED) is 0.453. The number of piperazine rings is 1. The molecule has 1 amide bonds. The van der Waals surface area contributed by atoms with E-state index in [9.17, 15) is 18.0 Å². The molecule has 1 N–H and O–H groups in total. The minimum atomic E-state index is -4.41. The molecule has 37 heavy (non-hydrogen) atoms. The van der Waals surface area contributed by atoms with Gasteiger partial charge in [-0.3, -0.25) is 9.69 Å². The molecule has 0 aliphatic carbocycles. The van der Waals surface area contributed by atoms with Crippen LogP contribution in [0, 0.1) is 13.8 Å². The minimum absolute atomic E-state index is 0.196. The van der Waals surface area contributed by atoms with Gasteiger partial charge >= 0.3 is 6.18 Å². The molecule has 2 saturated heterocycles. The summed E-state index contributed by atoms with van der Waals surface area (Å²) in [6.45, 7) is 7.92. The van der Waals surface area contributed by atoms with Crippen LogP contribution in [0.4, 0.5) is 13.2 Å². The number of benzene rings is 2. The molecule has 4 rings (SSSR count). The van der Waals surface area contributed by atoms with Crippen LogP contribution in [-0.2, 0) is 6.18 Å². The molecule has 2 fully saturated rings. The summed E-state index contributed by atoms with van der Waals surface area (Å²) in [6, 6.07) is 9.40. The number of nitrogens with zero attached hydrogens (tertiary/aromatic N) is 2. The summed E-state index contributed by atoms with van der Waals surface area (Å²) in [4.78, 5) is 17.4. The van der Waals surface area contributed by atoms with Crippen molar-refractivity contribution in [3.63, 3.8) is 0 Å². The molecule has 2 atom stereocenters. The minimum Gasteiger partial charge on any atom is -0.493 e. The first-order valence-corrected chi connectivity index (χ1v) is 13.3. The molecule has 2 aromatic carbocycles. The Morgan fingerprint density at radius 1 is 1.03 bits per heavy atom. The average molecular weight is 518 g/mol. The maximum absolute atomic E-state index is 13.1. The van der Waals surface area contributed by atoms with E-state index in [1.807, 2.05) is 7.05 Å². The molecule has 2 aliphatic heterocycles. The van der Waals surface area contributed by atoms with E-state index >= 15 is 0 Å². The van der Waals surface area contributed by atoms with E-state index in [0.29, 0.717) is 31.3 Å². The van der Waals surface area contributed by atoms with Gasteiger partial charge in [-0.2, -0.15) is 13.2 Å². The Bertz CT molecular complexity index is 1070. The number of piperidine rings is 1. The summed E-state index contributed by atoms with van der Waals surface area (Å²) in [5.41, 5.74) is 3.35. The smallest absolute Gasteiger partial charge is 0.416 e. The fourth-order valence-corrected chi connectivity index (χ4v) is 5.67. The van der Waals surface area contributed by atoms with Crippen molar-refractivity contribution in [2.24, 2.45) is 0 Å². The maximum Gasteiger partial charge on any atom is 0.416 e. The molecule has 0 spiro atoms. The summed E-state index contributed by atoms with van der Waals surface area (Å²) in [6.07, 6.45) is 0.866. The van der Waals surface area contributed by atoms with Gasteiger partial charge in [-0.25, -0.2) is 0 Å². The van der Waals surface area contributed by atoms with Gasteiger partial charge in [-0.1, -0.05) is 6.07 Å². The number of alkyl halides is 3. The number of ether oxygens (including phenoxy) is 1. The number of nitrogens with one attached hydrogen (secondary N) is 1. The van der Waals surface area contributed by atoms with E-state index in [4.69, 9.17) is 4.74 Å². The molecule has 2 aromatic rings. The second-order valence-electron chi connectivity index (χ2n) is 10.2. The Balaban J connectivity index is 1.41. The molecular weight excluding hydrogens is 479 g/mol. The first kappa shape index (κ1) is 27.5. The average Bonchev–Trinajstić information content (AvgIpc) is 2.89. The lowest BCUT2D eigenvalue weighted by atomic mass is 9.86. The standard InChI is InChI=1S/C29H38F3N3O2/c1-20-21(2)27(37-18-5-4-15-33-3)14-13-25(20)26-8-6-7-24-19-34(16-17-35(24)26)28(36)22-9-11-23(12-10-22)29(30,31)32/h9-14,24,26,33H,4-8,15-19H2,1-3H3/t24-,26?/m0/s1. The van der Waals surface area contributed by atoms with Crippen LogP contribution in [0.15, 0.2) is 36.4 Å². The summed E-state index contributed by atoms with van der Waals surface area (Å²) in [5, 5.41) is 3.16. The van der Waals surface area contributed by atoms with Crippen LogP contribution < -0.4 is 10.1 Å². The number of unbranched alkanes of at least 4 members (excludes halogenated alkanes) is 1. The highest BCUT2D eigenvalue weighted by atomic mass is 19.4. The van der Waals surface area contributed by atoms with E-state index in [2.05, 4.69) is 36.2 Å². The van der Waals surface area contributed by atoms with Crippen molar-refractivity contribution in [2.45, 2.75) is 64.2 Å². The molecule has 0 radical (unpaired) electrons. The molecule has 2 aliphatic rings. The second-order valence-corrected chi connectivity index (χ2v) is 10.2. The monoisotopic (exact) mass is 517 g/mol. The number of amides is 1. The summed E-state index contributed by atoms with van der Waals surface area (Å²) in [5.74, 6) is 0.753. The Kier molecular flexibility index (Phi) is 8.80. The van der Waals surface area contributed by atoms with Gasteiger partial charge < -0.3 is 15.0 Å². The number of hydrogen-bond acceptors (Lipinski definition) is 4. The van der Waals surface area contributed by atoms with Crippen molar-refractivity contribution in [1.82, 2.24) is 15.1 Å². The van der Waals surface area contributed by atoms with E-state index in [1.165, 1.54) is 28.8 Å². The highest BCUT2D eigenvalue weighted by Crippen LogP contribution is 2.39. The normalized spacial score (nSPS) is 20.5. The van der Waals surface area contributed by atoms with E-state index in [-0.39, 0.29) is 11.9 Å². The van der Waals surface area contributed by atoms with Gasteiger partial charge in [0.2, 0.25) is 0 Å². The Morgan fingerprint density at radius 2 is 1.78 bits per heavy atom. The third-order valence-corrected chi connectivity index (χ3v) is 7.91. The molecular formula is C29H38F3N3O2. The van der Waals surface area contributed by atoms with Gasteiger partial charge in [0.15, 0.2) is 0 Å². The Hall–Kier alpha value is -2.58. The Morgan fingerprint density at radius 3 is 2.49 bits per heavy atom. The highest BCUT2D eigenvalue weighted by molar-refractivity contribution is 5.94. The van der Waals surface area contributed by atoms with Crippen molar-refractivity contribution in [3.8, 4) is 5.75 Å². The number of carbonyl (C=O) groups is 1. The summed E-state index contributed by atoms with van der Waals surface area (Å²) >= 11 is 0. The zero-order valence-corrected chi connectivity index (χ0v) is 22.0. The largest absolute Gasteiger partial charge is 0.493 e. The summed E-state index contributed by atoms with van der Waals surface area (Å²) in [7, 11) is 1.96. The van der Waals surface area contributed by atoms with Gasteiger partial charge in [0.25, 0.3) is 5.91 Å². The lowest BCUT2D eigenvalue weighted by Gasteiger charge is -2.49. The highest BCUT2D eigenvalue weighted by Gasteiger charge is 2.38. The first-order chi connectivity index (χ1) is 17.7. The predicted molar refractivity (Wildman–Crippen MR) is 139 cm³/mol. The van der Waals surface area contributed by atoms with Crippen LogP contribution in [-0.4, -0.2) is 61.6 Å². The lowest BCUT2D eigenvalue weighted by Crippen LogP contribution is -2.57. The molecule has 0 aromatic heterocycles. The van der Waals surface area contributed by atoms with Crippen LogP contribution >= 0.6 is 0 Å². The van der Waals surface area contributed by atoms with E-state index < -0.39 is 11.7 Å². The van der Waals surface area contributed by atoms with Crippen molar-refractivity contribution in [3.05, 3.63) is 64.2 Å². The molecule has 1 unspecified atom stereocenters. The number of fused-ring (bicyclic) bond motifs is 1. The zero-order chi connectivity index (χ0) is 26.6. The number of halogens is 3. The first-order valence-electron chi connectivity index (χ1n) is 13.3. The van der Waals surface area contributed by atoms with Crippen molar-refractivity contribution in [1.29, 1.82) is 0 Å². The van der Waals surface area contributed by atoms with Gasteiger partial charge in [0.05, 0.1) is 12.2 Å². The molecule has 2 heterocycles. The van der Waals surface area contributed by atoms with Gasteiger partial charge in [-0.05, 0) is 107 Å². The fraction of sp³-hybridized carbons (Fsp3) is 0.552. The van der Waals surface area contributed by atoms with Gasteiger partial charge in [-0.15, -0.1) is 0 Å². The third kappa shape index (κ3) is 6.29. The van der Waals surface area contributed by atoms with Gasteiger partial charge in [0.1, 0.15) is 5.75 Å². The van der Waals surface area contributed by atoms with E-state index in [0.717, 1.165) is 63.1 Å². The fourth-order valence-electron chi connectivity index (χ4n) is 5.67.